The summed E-state index contributed by atoms with van der Waals surface area (Å²) < 4.78 is 0. The van der Waals surface area contributed by atoms with Crippen LogP contribution in [-0.2, 0) is 6.42 Å². The number of likely N-dealkylation sites (N-methyl/N-ethyl adjacent to an activating group) is 1. The third kappa shape index (κ3) is 4.08. The number of rotatable bonds is 7. The van der Waals surface area contributed by atoms with Crippen LogP contribution in [0.25, 0.3) is 0 Å². The summed E-state index contributed by atoms with van der Waals surface area (Å²) in [5.41, 5.74) is 3.08. The van der Waals surface area contributed by atoms with Crippen LogP contribution in [0.15, 0.2) is 24.3 Å². The summed E-state index contributed by atoms with van der Waals surface area (Å²) in [6.07, 6.45) is 3.69. The molecule has 1 aliphatic carbocycles. The molecule has 118 valence electrons. The Balaban J connectivity index is 2.23. The largest absolute Gasteiger partial charge is 0.309 e. The van der Waals surface area contributed by atoms with Gasteiger partial charge in [-0.15, -0.1) is 0 Å². The average Bonchev–Trinajstić information content (AvgIpc) is 2.50. The van der Waals surface area contributed by atoms with Gasteiger partial charge >= 0.3 is 0 Å². The SMILES string of the molecule is CCCNC1c2ccccc2CCC1N(CC)CC(C)C. The van der Waals surface area contributed by atoms with Crippen molar-refractivity contribution in [2.75, 3.05) is 19.6 Å². The van der Waals surface area contributed by atoms with Gasteiger partial charge in [0.25, 0.3) is 0 Å². The molecule has 0 fully saturated rings. The van der Waals surface area contributed by atoms with E-state index in [2.05, 4.69) is 62.2 Å². The lowest BCUT2D eigenvalue weighted by Crippen LogP contribution is -2.48. The Morgan fingerprint density at radius 3 is 2.67 bits per heavy atom. The zero-order chi connectivity index (χ0) is 15.2. The molecule has 1 aromatic rings. The number of nitrogens with zero attached hydrogens (tertiary/aromatic N) is 1. The van der Waals surface area contributed by atoms with Crippen molar-refractivity contribution in [3.8, 4) is 0 Å². The molecule has 0 bridgehead atoms. The van der Waals surface area contributed by atoms with Gasteiger partial charge in [-0.25, -0.2) is 0 Å². The molecule has 2 rings (SSSR count). The van der Waals surface area contributed by atoms with E-state index < -0.39 is 0 Å². The number of benzene rings is 1. The number of fused-ring (bicyclic) bond motifs is 1. The molecule has 1 aromatic carbocycles. The van der Waals surface area contributed by atoms with Crippen LogP contribution in [0.1, 0.15) is 57.7 Å². The average molecular weight is 288 g/mol. The predicted octanol–water partition coefficient (Wildman–Crippen LogP) is 4.02. The maximum Gasteiger partial charge on any atom is 0.0481 e. The van der Waals surface area contributed by atoms with Gasteiger partial charge in [0.1, 0.15) is 0 Å². The van der Waals surface area contributed by atoms with Crippen molar-refractivity contribution in [3.05, 3.63) is 35.4 Å². The smallest absolute Gasteiger partial charge is 0.0481 e. The van der Waals surface area contributed by atoms with E-state index in [1.807, 2.05) is 0 Å². The van der Waals surface area contributed by atoms with Crippen LogP contribution in [0, 0.1) is 5.92 Å². The molecule has 0 saturated heterocycles. The van der Waals surface area contributed by atoms with E-state index in [0.29, 0.717) is 12.1 Å². The first-order valence-electron chi connectivity index (χ1n) is 8.72. The highest BCUT2D eigenvalue weighted by Gasteiger charge is 2.32. The van der Waals surface area contributed by atoms with E-state index in [4.69, 9.17) is 0 Å². The number of hydrogen-bond acceptors (Lipinski definition) is 2. The summed E-state index contributed by atoms with van der Waals surface area (Å²) in [5, 5.41) is 3.82. The summed E-state index contributed by atoms with van der Waals surface area (Å²) in [6.45, 7) is 12.7. The second kappa shape index (κ2) is 7.95. The normalized spacial score (nSPS) is 21.8. The molecule has 2 heteroatoms. The fourth-order valence-electron chi connectivity index (χ4n) is 3.65. The lowest BCUT2D eigenvalue weighted by Gasteiger charge is -2.42. The Kier molecular flexibility index (Phi) is 6.25. The van der Waals surface area contributed by atoms with Crippen molar-refractivity contribution in [2.24, 2.45) is 5.92 Å². The molecule has 0 saturated carbocycles. The fraction of sp³-hybridized carbons (Fsp3) is 0.684. The molecule has 21 heavy (non-hydrogen) atoms. The van der Waals surface area contributed by atoms with Crippen LogP contribution in [0.4, 0.5) is 0 Å². The molecule has 0 spiro atoms. The van der Waals surface area contributed by atoms with Crippen LogP contribution in [0.3, 0.4) is 0 Å². The van der Waals surface area contributed by atoms with Gasteiger partial charge in [0.15, 0.2) is 0 Å². The van der Waals surface area contributed by atoms with Gasteiger partial charge in [0.2, 0.25) is 0 Å². The molecule has 2 nitrogen and oxygen atoms in total. The van der Waals surface area contributed by atoms with Crippen molar-refractivity contribution < 1.29 is 0 Å². The molecule has 0 aromatic heterocycles. The minimum atomic E-state index is 0.494. The van der Waals surface area contributed by atoms with E-state index in [1.54, 1.807) is 5.56 Å². The lowest BCUT2D eigenvalue weighted by molar-refractivity contribution is 0.132. The maximum atomic E-state index is 3.82. The lowest BCUT2D eigenvalue weighted by atomic mass is 9.83. The molecule has 2 unspecified atom stereocenters. The quantitative estimate of drug-likeness (QED) is 0.815. The number of hydrogen-bond donors (Lipinski definition) is 1. The van der Waals surface area contributed by atoms with E-state index >= 15 is 0 Å². The summed E-state index contributed by atoms with van der Waals surface area (Å²) in [7, 11) is 0. The maximum absolute atomic E-state index is 3.82. The summed E-state index contributed by atoms with van der Waals surface area (Å²) in [6, 6.07) is 10.2. The second-order valence-electron chi connectivity index (χ2n) is 6.72. The summed E-state index contributed by atoms with van der Waals surface area (Å²) >= 11 is 0. The minimum Gasteiger partial charge on any atom is -0.309 e. The van der Waals surface area contributed by atoms with Crippen molar-refractivity contribution in [1.82, 2.24) is 10.2 Å². The Labute approximate surface area is 130 Å². The zero-order valence-electron chi connectivity index (χ0n) is 14.2. The Bertz CT molecular complexity index is 427. The third-order valence-corrected chi connectivity index (χ3v) is 4.57. The van der Waals surface area contributed by atoms with Gasteiger partial charge in [-0.1, -0.05) is 52.0 Å². The van der Waals surface area contributed by atoms with Crippen LogP contribution >= 0.6 is 0 Å². The van der Waals surface area contributed by atoms with Gasteiger partial charge in [-0.05, 0) is 49.4 Å². The van der Waals surface area contributed by atoms with Crippen LogP contribution in [0.2, 0.25) is 0 Å². The monoisotopic (exact) mass is 288 g/mol. The zero-order valence-corrected chi connectivity index (χ0v) is 14.2. The minimum absolute atomic E-state index is 0.494. The standard InChI is InChI=1S/C19H32N2/c1-5-13-20-19-17-10-8-7-9-16(17)11-12-18(19)21(6-2)14-15(3)4/h7-10,15,18-20H,5-6,11-14H2,1-4H3. The first-order chi connectivity index (χ1) is 10.2. The van der Waals surface area contributed by atoms with E-state index in [9.17, 15) is 0 Å². The Hall–Kier alpha value is -0.860. The summed E-state index contributed by atoms with van der Waals surface area (Å²) in [5.74, 6) is 0.731. The van der Waals surface area contributed by atoms with Crippen molar-refractivity contribution >= 4 is 0 Å². The second-order valence-corrected chi connectivity index (χ2v) is 6.72. The van der Waals surface area contributed by atoms with Crippen molar-refractivity contribution in [1.29, 1.82) is 0 Å². The molecule has 2 atom stereocenters. The number of aryl methyl sites for hydroxylation is 1. The molecule has 0 amide bonds. The number of nitrogens with one attached hydrogen (secondary N) is 1. The molecule has 1 aliphatic rings. The van der Waals surface area contributed by atoms with Gasteiger partial charge < -0.3 is 5.32 Å². The van der Waals surface area contributed by atoms with Crippen LogP contribution in [0.5, 0.6) is 0 Å². The topological polar surface area (TPSA) is 15.3 Å². The van der Waals surface area contributed by atoms with Crippen LogP contribution < -0.4 is 5.32 Å². The highest BCUT2D eigenvalue weighted by atomic mass is 15.2. The first-order valence-corrected chi connectivity index (χ1v) is 8.72. The Morgan fingerprint density at radius 2 is 2.00 bits per heavy atom. The van der Waals surface area contributed by atoms with Gasteiger partial charge in [0, 0.05) is 18.6 Å². The highest BCUT2D eigenvalue weighted by Crippen LogP contribution is 2.33. The molecule has 0 radical (unpaired) electrons. The first kappa shape index (κ1) is 16.5. The molecule has 0 heterocycles. The highest BCUT2D eigenvalue weighted by molar-refractivity contribution is 5.34. The molecular formula is C19H32N2. The Morgan fingerprint density at radius 1 is 1.24 bits per heavy atom. The third-order valence-electron chi connectivity index (χ3n) is 4.57. The van der Waals surface area contributed by atoms with E-state index in [-0.39, 0.29) is 0 Å². The summed E-state index contributed by atoms with van der Waals surface area (Å²) in [4.78, 5) is 2.69. The van der Waals surface area contributed by atoms with Crippen molar-refractivity contribution in [2.45, 2.75) is 59.0 Å². The predicted molar refractivity (Wildman–Crippen MR) is 91.7 cm³/mol. The van der Waals surface area contributed by atoms with E-state index in [0.717, 1.165) is 19.0 Å². The van der Waals surface area contributed by atoms with Gasteiger partial charge in [0.05, 0.1) is 0 Å². The van der Waals surface area contributed by atoms with E-state index in [1.165, 1.54) is 31.4 Å². The molecule has 0 aliphatic heterocycles. The van der Waals surface area contributed by atoms with Gasteiger partial charge in [-0.3, -0.25) is 4.90 Å². The van der Waals surface area contributed by atoms with Gasteiger partial charge in [-0.2, -0.15) is 0 Å². The van der Waals surface area contributed by atoms with Crippen molar-refractivity contribution in [3.63, 3.8) is 0 Å². The van der Waals surface area contributed by atoms with Crippen LogP contribution in [-0.4, -0.2) is 30.6 Å². The molecular weight excluding hydrogens is 256 g/mol. The molecule has 1 N–H and O–H groups in total. The fourth-order valence-corrected chi connectivity index (χ4v) is 3.65.